The highest BCUT2D eigenvalue weighted by Gasteiger charge is 2.16. The van der Waals surface area contributed by atoms with Gasteiger partial charge in [0.15, 0.2) is 0 Å². The summed E-state index contributed by atoms with van der Waals surface area (Å²) in [7, 11) is 0. The number of ether oxygens (including phenoxy) is 1. The molecule has 0 aliphatic heterocycles. The first-order valence-electron chi connectivity index (χ1n) is 7.75. The number of hydrogen-bond acceptors (Lipinski definition) is 4. The van der Waals surface area contributed by atoms with Crippen LogP contribution in [0.25, 0.3) is 0 Å². The zero-order chi connectivity index (χ0) is 14.2. The Morgan fingerprint density at radius 2 is 2.30 bits per heavy atom. The molecule has 3 nitrogen and oxygen atoms in total. The molecule has 1 heterocycles. The zero-order valence-corrected chi connectivity index (χ0v) is 13.2. The molecule has 1 aromatic rings. The van der Waals surface area contributed by atoms with Gasteiger partial charge in [0.25, 0.3) is 0 Å². The van der Waals surface area contributed by atoms with E-state index in [-0.39, 0.29) is 0 Å². The maximum Gasteiger partial charge on any atom is 0.0897 e. The Labute approximate surface area is 126 Å². The standard InChI is InChI=1S/C16H27NO2S/c1-13-4-2-5-14(8-7-13)17-10-15(18)11-19-12-16-6-3-9-20-16/h3,6,9,13-15,17-18H,2,4-5,7-8,10-12H2,1H3. The summed E-state index contributed by atoms with van der Waals surface area (Å²) in [5.74, 6) is 0.862. The molecule has 1 aliphatic carbocycles. The van der Waals surface area contributed by atoms with Crippen LogP contribution in [0.3, 0.4) is 0 Å². The molecule has 4 heteroatoms. The second-order valence-corrected chi connectivity index (χ2v) is 7.00. The first-order chi connectivity index (χ1) is 9.74. The van der Waals surface area contributed by atoms with E-state index in [0.717, 1.165) is 5.92 Å². The van der Waals surface area contributed by atoms with Crippen molar-refractivity contribution in [3.63, 3.8) is 0 Å². The maximum atomic E-state index is 9.95. The van der Waals surface area contributed by atoms with Gasteiger partial charge < -0.3 is 15.2 Å². The monoisotopic (exact) mass is 297 g/mol. The molecule has 1 fully saturated rings. The molecule has 0 radical (unpaired) electrons. The number of hydrogen-bond donors (Lipinski definition) is 2. The van der Waals surface area contributed by atoms with Crippen molar-refractivity contribution in [1.29, 1.82) is 0 Å². The quantitative estimate of drug-likeness (QED) is 0.760. The molecule has 0 aromatic carbocycles. The molecule has 0 spiro atoms. The minimum Gasteiger partial charge on any atom is -0.389 e. The Hall–Kier alpha value is -0.420. The summed E-state index contributed by atoms with van der Waals surface area (Å²) in [5, 5.41) is 15.5. The molecule has 1 aromatic heterocycles. The summed E-state index contributed by atoms with van der Waals surface area (Å²) in [6.07, 6.45) is 6.05. The lowest BCUT2D eigenvalue weighted by Crippen LogP contribution is -2.37. The van der Waals surface area contributed by atoms with Gasteiger partial charge in [-0.3, -0.25) is 0 Å². The summed E-state index contributed by atoms with van der Waals surface area (Å²) in [6, 6.07) is 4.66. The second-order valence-electron chi connectivity index (χ2n) is 5.97. The fourth-order valence-electron chi connectivity index (χ4n) is 2.74. The summed E-state index contributed by atoms with van der Waals surface area (Å²) < 4.78 is 5.54. The Balaban J connectivity index is 1.56. The molecular formula is C16H27NO2S. The average Bonchev–Trinajstić information content (AvgIpc) is 2.86. The van der Waals surface area contributed by atoms with Gasteiger partial charge in [-0.05, 0) is 36.6 Å². The molecule has 20 heavy (non-hydrogen) atoms. The van der Waals surface area contributed by atoms with E-state index in [1.54, 1.807) is 11.3 Å². The van der Waals surface area contributed by atoms with Crippen LogP contribution in [0, 0.1) is 5.92 Å². The van der Waals surface area contributed by atoms with E-state index in [1.807, 2.05) is 11.4 Å². The normalized spacial score (nSPS) is 25.3. The van der Waals surface area contributed by atoms with Crippen LogP contribution < -0.4 is 5.32 Å². The predicted molar refractivity (Wildman–Crippen MR) is 84.0 cm³/mol. The fraction of sp³-hybridized carbons (Fsp3) is 0.750. The van der Waals surface area contributed by atoms with Gasteiger partial charge >= 0.3 is 0 Å². The molecule has 0 saturated heterocycles. The van der Waals surface area contributed by atoms with Crippen molar-refractivity contribution >= 4 is 11.3 Å². The molecule has 3 unspecified atom stereocenters. The minimum absolute atomic E-state index is 0.407. The van der Waals surface area contributed by atoms with E-state index in [4.69, 9.17) is 4.74 Å². The molecule has 1 saturated carbocycles. The average molecular weight is 297 g/mol. The van der Waals surface area contributed by atoms with E-state index in [0.29, 0.717) is 25.8 Å². The summed E-state index contributed by atoms with van der Waals surface area (Å²) in [4.78, 5) is 1.21. The van der Waals surface area contributed by atoms with Crippen LogP contribution in [0.1, 0.15) is 43.9 Å². The van der Waals surface area contributed by atoms with Crippen LogP contribution in [0.2, 0.25) is 0 Å². The zero-order valence-electron chi connectivity index (χ0n) is 12.4. The van der Waals surface area contributed by atoms with Gasteiger partial charge in [-0.2, -0.15) is 0 Å². The maximum absolute atomic E-state index is 9.95. The van der Waals surface area contributed by atoms with E-state index < -0.39 is 6.10 Å². The fourth-order valence-corrected chi connectivity index (χ4v) is 3.38. The molecule has 0 amide bonds. The Kier molecular flexibility index (Phi) is 7.00. The van der Waals surface area contributed by atoms with E-state index in [1.165, 1.54) is 37.0 Å². The number of thiophene rings is 1. The first kappa shape index (κ1) is 16.0. The molecule has 114 valence electrons. The summed E-state index contributed by atoms with van der Waals surface area (Å²) in [5.41, 5.74) is 0. The second kappa shape index (κ2) is 8.78. The van der Waals surface area contributed by atoms with Crippen LogP contribution in [0.15, 0.2) is 17.5 Å². The highest BCUT2D eigenvalue weighted by Crippen LogP contribution is 2.22. The largest absolute Gasteiger partial charge is 0.389 e. The van der Waals surface area contributed by atoms with Crippen molar-refractivity contribution in [1.82, 2.24) is 5.32 Å². The third-order valence-corrected chi connectivity index (χ3v) is 4.88. The Morgan fingerprint density at radius 1 is 1.40 bits per heavy atom. The van der Waals surface area contributed by atoms with Gasteiger partial charge in [0.2, 0.25) is 0 Å². The first-order valence-corrected chi connectivity index (χ1v) is 8.63. The van der Waals surface area contributed by atoms with Crippen molar-refractivity contribution in [3.05, 3.63) is 22.4 Å². The predicted octanol–water partition coefficient (Wildman–Crippen LogP) is 3.18. The SMILES string of the molecule is CC1CCCC(NCC(O)COCc2cccs2)CC1. The lowest BCUT2D eigenvalue weighted by atomic mass is 10.0. The lowest BCUT2D eigenvalue weighted by molar-refractivity contribution is 0.0283. The molecule has 2 rings (SSSR count). The molecule has 2 N–H and O–H groups in total. The van der Waals surface area contributed by atoms with Crippen LogP contribution in [0.4, 0.5) is 0 Å². The van der Waals surface area contributed by atoms with Crippen LogP contribution >= 0.6 is 11.3 Å². The third kappa shape index (κ3) is 5.92. The number of rotatable bonds is 7. The van der Waals surface area contributed by atoms with Crippen molar-refractivity contribution < 1.29 is 9.84 Å². The molecule has 1 aliphatic rings. The van der Waals surface area contributed by atoms with E-state index in [2.05, 4.69) is 18.3 Å². The number of nitrogens with one attached hydrogen (secondary N) is 1. The van der Waals surface area contributed by atoms with Crippen LogP contribution in [0.5, 0.6) is 0 Å². The lowest BCUT2D eigenvalue weighted by Gasteiger charge is -2.19. The van der Waals surface area contributed by atoms with Crippen LogP contribution in [-0.4, -0.2) is 30.4 Å². The minimum atomic E-state index is -0.407. The molecule has 3 atom stereocenters. The van der Waals surface area contributed by atoms with Gasteiger partial charge in [-0.15, -0.1) is 11.3 Å². The summed E-state index contributed by atoms with van der Waals surface area (Å²) >= 11 is 1.69. The van der Waals surface area contributed by atoms with E-state index >= 15 is 0 Å². The van der Waals surface area contributed by atoms with Gasteiger partial charge in [0.1, 0.15) is 0 Å². The van der Waals surface area contributed by atoms with Crippen molar-refractivity contribution in [2.75, 3.05) is 13.2 Å². The summed E-state index contributed by atoms with van der Waals surface area (Å²) in [6.45, 7) is 4.00. The Morgan fingerprint density at radius 3 is 3.10 bits per heavy atom. The topological polar surface area (TPSA) is 41.5 Å². The van der Waals surface area contributed by atoms with Crippen molar-refractivity contribution in [3.8, 4) is 0 Å². The molecular weight excluding hydrogens is 270 g/mol. The highest BCUT2D eigenvalue weighted by molar-refractivity contribution is 7.09. The number of aliphatic hydroxyl groups excluding tert-OH is 1. The highest BCUT2D eigenvalue weighted by atomic mass is 32.1. The number of aliphatic hydroxyl groups is 1. The molecule has 0 bridgehead atoms. The smallest absolute Gasteiger partial charge is 0.0897 e. The van der Waals surface area contributed by atoms with Gasteiger partial charge in [0, 0.05) is 17.5 Å². The third-order valence-electron chi connectivity index (χ3n) is 4.03. The van der Waals surface area contributed by atoms with Gasteiger partial charge in [-0.1, -0.05) is 25.8 Å². The van der Waals surface area contributed by atoms with Crippen LogP contribution in [-0.2, 0) is 11.3 Å². The Bertz CT molecular complexity index is 355. The van der Waals surface area contributed by atoms with Gasteiger partial charge in [0.05, 0.1) is 19.3 Å². The van der Waals surface area contributed by atoms with E-state index in [9.17, 15) is 5.11 Å². The van der Waals surface area contributed by atoms with Crippen molar-refractivity contribution in [2.45, 2.75) is 57.8 Å². The van der Waals surface area contributed by atoms with Crippen molar-refractivity contribution in [2.24, 2.45) is 5.92 Å². The van der Waals surface area contributed by atoms with Gasteiger partial charge in [-0.25, -0.2) is 0 Å².